The minimum Gasteiger partial charge on any atom is -0.497 e. The molecule has 2 heterocycles. The van der Waals surface area contributed by atoms with Crippen LogP contribution in [0, 0.1) is 0 Å². The Morgan fingerprint density at radius 3 is 2.59 bits per heavy atom. The molecule has 1 spiro atoms. The van der Waals surface area contributed by atoms with E-state index in [1.54, 1.807) is 7.11 Å². The zero-order chi connectivity index (χ0) is 20.0. The van der Waals surface area contributed by atoms with E-state index in [2.05, 4.69) is 29.6 Å². The molecule has 4 nitrogen and oxygen atoms in total. The van der Waals surface area contributed by atoms with E-state index in [0.29, 0.717) is 0 Å². The van der Waals surface area contributed by atoms with Crippen molar-refractivity contribution in [3.05, 3.63) is 59.9 Å². The van der Waals surface area contributed by atoms with Crippen molar-refractivity contribution in [1.29, 1.82) is 0 Å². The number of ether oxygens (including phenoxy) is 2. The third-order valence-corrected chi connectivity index (χ3v) is 6.90. The van der Waals surface area contributed by atoms with Crippen molar-refractivity contribution in [2.45, 2.75) is 62.4 Å². The van der Waals surface area contributed by atoms with Gasteiger partial charge in [-0.2, -0.15) is 0 Å². The normalized spacial score (nSPS) is 23.3. The van der Waals surface area contributed by atoms with Gasteiger partial charge < -0.3 is 14.8 Å². The van der Waals surface area contributed by atoms with Crippen LogP contribution in [-0.2, 0) is 16.6 Å². The first kappa shape index (κ1) is 20.4. The van der Waals surface area contributed by atoms with Crippen LogP contribution < -0.4 is 10.1 Å². The van der Waals surface area contributed by atoms with Crippen molar-refractivity contribution in [2.24, 2.45) is 0 Å². The molecule has 29 heavy (non-hydrogen) atoms. The van der Waals surface area contributed by atoms with Gasteiger partial charge in [0.05, 0.1) is 12.7 Å². The number of pyridine rings is 1. The Morgan fingerprint density at radius 2 is 1.86 bits per heavy atom. The third kappa shape index (κ3) is 4.81. The summed E-state index contributed by atoms with van der Waals surface area (Å²) < 4.78 is 11.6. The zero-order valence-corrected chi connectivity index (χ0v) is 17.7. The smallest absolute Gasteiger partial charge is 0.118 e. The Kier molecular flexibility index (Phi) is 6.51. The monoisotopic (exact) mass is 394 g/mol. The molecule has 156 valence electrons. The van der Waals surface area contributed by atoms with Gasteiger partial charge in [0.15, 0.2) is 0 Å². The Hall–Kier alpha value is -1.91. The average Bonchev–Trinajstić information content (AvgIpc) is 3.22. The van der Waals surface area contributed by atoms with Crippen molar-refractivity contribution < 1.29 is 9.47 Å². The van der Waals surface area contributed by atoms with E-state index in [0.717, 1.165) is 51.1 Å². The van der Waals surface area contributed by atoms with Crippen molar-refractivity contribution in [3.8, 4) is 5.75 Å². The Bertz CT molecular complexity index is 756. The highest BCUT2D eigenvalue weighted by atomic mass is 16.5. The first-order valence-corrected chi connectivity index (χ1v) is 11.1. The lowest BCUT2D eigenvalue weighted by Gasteiger charge is -2.46. The third-order valence-electron chi connectivity index (χ3n) is 6.90. The lowest BCUT2D eigenvalue weighted by Crippen LogP contribution is -2.47. The summed E-state index contributed by atoms with van der Waals surface area (Å²) in [4.78, 5) is 4.80. The van der Waals surface area contributed by atoms with E-state index in [9.17, 15) is 0 Å². The number of hydrogen-bond acceptors (Lipinski definition) is 4. The van der Waals surface area contributed by atoms with E-state index < -0.39 is 0 Å². The zero-order valence-electron chi connectivity index (χ0n) is 17.7. The molecule has 1 saturated heterocycles. The van der Waals surface area contributed by atoms with Crippen molar-refractivity contribution in [1.82, 2.24) is 10.3 Å². The topological polar surface area (TPSA) is 43.4 Å². The first-order valence-electron chi connectivity index (χ1n) is 11.1. The standard InChI is InChI=1S/C25H34N2O2/c1-28-22-9-7-21(8-10-22)11-17-26-18-14-24(23-6-2-5-16-27-23)15-19-29-25(20-24)12-3-4-13-25/h2,5-10,16,26H,3-4,11-15,17-20H2,1H3/t24-/m1/s1. The van der Waals surface area contributed by atoms with Crippen molar-refractivity contribution in [2.75, 3.05) is 26.8 Å². The highest BCUT2D eigenvalue weighted by molar-refractivity contribution is 5.27. The van der Waals surface area contributed by atoms with Gasteiger partial charge in [-0.1, -0.05) is 31.0 Å². The molecule has 0 amide bonds. The quantitative estimate of drug-likeness (QED) is 0.661. The van der Waals surface area contributed by atoms with Gasteiger partial charge >= 0.3 is 0 Å². The molecule has 1 saturated carbocycles. The maximum atomic E-state index is 6.35. The molecule has 2 aromatic rings. The number of rotatable bonds is 8. The molecule has 4 rings (SSSR count). The van der Waals surface area contributed by atoms with Crippen LogP contribution in [0.5, 0.6) is 5.75 Å². The number of methoxy groups -OCH3 is 1. The predicted molar refractivity (Wildman–Crippen MR) is 116 cm³/mol. The van der Waals surface area contributed by atoms with Crippen LogP contribution in [0.1, 0.15) is 56.2 Å². The summed E-state index contributed by atoms with van der Waals surface area (Å²) in [5.41, 5.74) is 2.83. The molecular formula is C25H34N2O2. The van der Waals surface area contributed by atoms with E-state index >= 15 is 0 Å². The predicted octanol–water partition coefficient (Wildman–Crippen LogP) is 4.67. The molecule has 2 fully saturated rings. The van der Waals surface area contributed by atoms with Crippen molar-refractivity contribution >= 4 is 0 Å². The summed E-state index contributed by atoms with van der Waals surface area (Å²) in [6, 6.07) is 14.8. The second kappa shape index (κ2) is 9.27. The largest absolute Gasteiger partial charge is 0.497 e. The van der Waals surface area contributed by atoms with Crippen LogP contribution in [0.3, 0.4) is 0 Å². The summed E-state index contributed by atoms with van der Waals surface area (Å²) in [5, 5.41) is 3.68. The number of aromatic nitrogens is 1. The summed E-state index contributed by atoms with van der Waals surface area (Å²) in [6.07, 6.45) is 11.3. The summed E-state index contributed by atoms with van der Waals surface area (Å²) in [6.45, 7) is 2.87. The second-order valence-corrected chi connectivity index (χ2v) is 8.76. The van der Waals surface area contributed by atoms with Gasteiger partial charge in [0.25, 0.3) is 0 Å². The molecule has 1 aliphatic heterocycles. The minimum absolute atomic E-state index is 0.0961. The fourth-order valence-corrected chi connectivity index (χ4v) is 5.27. The highest BCUT2D eigenvalue weighted by Crippen LogP contribution is 2.49. The van der Waals surface area contributed by atoms with Gasteiger partial charge in [-0.05, 0) is 81.4 Å². The second-order valence-electron chi connectivity index (χ2n) is 8.76. The van der Waals surface area contributed by atoms with Crippen LogP contribution in [0.25, 0.3) is 0 Å². The Balaban J connectivity index is 1.36. The highest BCUT2D eigenvalue weighted by Gasteiger charge is 2.48. The summed E-state index contributed by atoms with van der Waals surface area (Å²) in [7, 11) is 1.71. The molecule has 4 heteroatoms. The van der Waals surface area contributed by atoms with E-state index in [-0.39, 0.29) is 11.0 Å². The number of benzene rings is 1. The molecule has 1 N–H and O–H groups in total. The maximum Gasteiger partial charge on any atom is 0.118 e. The minimum atomic E-state index is 0.0961. The Labute approximate surface area is 175 Å². The maximum absolute atomic E-state index is 6.35. The molecule has 2 aliphatic rings. The fourth-order valence-electron chi connectivity index (χ4n) is 5.27. The average molecular weight is 395 g/mol. The molecule has 0 radical (unpaired) electrons. The van der Waals surface area contributed by atoms with Gasteiger partial charge in [-0.15, -0.1) is 0 Å². The molecule has 1 aliphatic carbocycles. The lowest BCUT2D eigenvalue weighted by molar-refractivity contribution is -0.104. The summed E-state index contributed by atoms with van der Waals surface area (Å²) >= 11 is 0. The van der Waals surface area contributed by atoms with Crippen LogP contribution in [0.4, 0.5) is 0 Å². The number of hydrogen-bond donors (Lipinski definition) is 1. The lowest BCUT2D eigenvalue weighted by atomic mass is 9.68. The first-order chi connectivity index (χ1) is 14.2. The van der Waals surface area contributed by atoms with Gasteiger partial charge in [0.1, 0.15) is 5.75 Å². The Morgan fingerprint density at radius 1 is 1.03 bits per heavy atom. The SMILES string of the molecule is COc1ccc(CCNCC[C@@]2(c3ccccn3)CCOC3(CCCC3)C2)cc1. The van der Waals surface area contributed by atoms with Crippen LogP contribution >= 0.6 is 0 Å². The van der Waals surface area contributed by atoms with Crippen LogP contribution in [0.2, 0.25) is 0 Å². The fraction of sp³-hybridized carbons (Fsp3) is 0.560. The van der Waals surface area contributed by atoms with E-state index in [1.165, 1.54) is 36.9 Å². The molecular weight excluding hydrogens is 360 g/mol. The van der Waals surface area contributed by atoms with Gasteiger partial charge in [0, 0.05) is 23.9 Å². The molecule has 1 atom stereocenters. The van der Waals surface area contributed by atoms with Crippen molar-refractivity contribution in [3.63, 3.8) is 0 Å². The van der Waals surface area contributed by atoms with E-state index in [4.69, 9.17) is 14.5 Å². The van der Waals surface area contributed by atoms with Gasteiger partial charge in [-0.25, -0.2) is 0 Å². The molecule has 0 unspecified atom stereocenters. The summed E-state index contributed by atoms with van der Waals surface area (Å²) in [5.74, 6) is 0.916. The molecule has 1 aromatic carbocycles. The number of nitrogens with zero attached hydrogens (tertiary/aromatic N) is 1. The van der Waals surface area contributed by atoms with Gasteiger partial charge in [-0.3, -0.25) is 4.98 Å². The van der Waals surface area contributed by atoms with Crippen LogP contribution in [0.15, 0.2) is 48.7 Å². The number of nitrogens with one attached hydrogen (secondary N) is 1. The molecule has 0 bridgehead atoms. The van der Waals surface area contributed by atoms with Gasteiger partial charge in [0.2, 0.25) is 0 Å². The van der Waals surface area contributed by atoms with E-state index in [1.807, 2.05) is 24.4 Å². The molecule has 1 aromatic heterocycles. The van der Waals surface area contributed by atoms with Crippen LogP contribution in [-0.4, -0.2) is 37.4 Å².